The number of ether oxygens (including phenoxy) is 2. The van der Waals surface area contributed by atoms with E-state index in [1.807, 2.05) is 6.92 Å². The number of aromatic amines is 1. The molecular formula is C13H20N2O3. The minimum absolute atomic E-state index is 0.0697. The third kappa shape index (κ3) is 2.20. The molecule has 0 aromatic carbocycles. The van der Waals surface area contributed by atoms with Crippen molar-refractivity contribution < 1.29 is 9.47 Å². The maximum absolute atomic E-state index is 11.9. The molecule has 0 radical (unpaired) electrons. The average Bonchev–Trinajstić information content (AvgIpc) is 2.42. The molecule has 2 heterocycles. The van der Waals surface area contributed by atoms with E-state index in [2.05, 4.69) is 9.97 Å². The zero-order valence-electron chi connectivity index (χ0n) is 11.2. The molecule has 100 valence electrons. The van der Waals surface area contributed by atoms with Crippen molar-refractivity contribution in [3.8, 4) is 0 Å². The van der Waals surface area contributed by atoms with Gasteiger partial charge in [-0.3, -0.25) is 4.79 Å². The van der Waals surface area contributed by atoms with E-state index >= 15 is 0 Å². The smallest absolute Gasteiger partial charge is 0.254 e. The number of nitrogens with one attached hydrogen (secondary N) is 1. The van der Waals surface area contributed by atoms with Gasteiger partial charge in [0.2, 0.25) is 0 Å². The molecule has 5 heteroatoms. The summed E-state index contributed by atoms with van der Waals surface area (Å²) < 4.78 is 11.0. The maximum Gasteiger partial charge on any atom is 0.254 e. The summed E-state index contributed by atoms with van der Waals surface area (Å²) in [5.41, 5.74) is 0.964. The van der Waals surface area contributed by atoms with Gasteiger partial charge in [0, 0.05) is 38.7 Å². The molecule has 1 aromatic heterocycles. The Hall–Kier alpha value is -1.20. The molecule has 0 bridgehead atoms. The number of methoxy groups -OCH3 is 1. The van der Waals surface area contributed by atoms with Gasteiger partial charge in [-0.05, 0) is 13.3 Å². The molecule has 18 heavy (non-hydrogen) atoms. The quantitative estimate of drug-likeness (QED) is 0.880. The van der Waals surface area contributed by atoms with Crippen LogP contribution in [-0.2, 0) is 21.5 Å². The highest BCUT2D eigenvalue weighted by Crippen LogP contribution is 2.32. The minimum atomic E-state index is -0.505. The van der Waals surface area contributed by atoms with Crippen molar-refractivity contribution in [2.75, 3.05) is 20.3 Å². The lowest BCUT2D eigenvalue weighted by Crippen LogP contribution is -2.39. The molecule has 0 aliphatic carbocycles. The van der Waals surface area contributed by atoms with E-state index in [4.69, 9.17) is 9.47 Å². The molecule has 5 nitrogen and oxygen atoms in total. The van der Waals surface area contributed by atoms with Crippen LogP contribution in [0.4, 0.5) is 0 Å². The SMILES string of the molecule is CCc1nc(C2(OC)CCOCC2)[nH]c(=O)c1C. The van der Waals surface area contributed by atoms with Crippen LogP contribution in [0.1, 0.15) is 36.8 Å². The van der Waals surface area contributed by atoms with E-state index in [1.54, 1.807) is 14.0 Å². The van der Waals surface area contributed by atoms with Gasteiger partial charge in [-0.1, -0.05) is 6.92 Å². The van der Waals surface area contributed by atoms with Gasteiger partial charge in [-0.2, -0.15) is 0 Å². The monoisotopic (exact) mass is 252 g/mol. The first-order valence-electron chi connectivity index (χ1n) is 6.36. The fourth-order valence-corrected chi connectivity index (χ4v) is 2.38. The van der Waals surface area contributed by atoms with Crippen LogP contribution in [-0.4, -0.2) is 30.3 Å². The minimum Gasteiger partial charge on any atom is -0.381 e. The second-order valence-electron chi connectivity index (χ2n) is 4.65. The molecular weight excluding hydrogens is 232 g/mol. The first kappa shape index (κ1) is 13.2. The third-order valence-electron chi connectivity index (χ3n) is 3.71. The lowest BCUT2D eigenvalue weighted by Gasteiger charge is -2.34. The number of aryl methyl sites for hydroxylation is 1. The highest BCUT2D eigenvalue weighted by atomic mass is 16.5. The second-order valence-corrected chi connectivity index (χ2v) is 4.65. The van der Waals surface area contributed by atoms with E-state index in [9.17, 15) is 4.79 Å². The molecule has 0 spiro atoms. The molecule has 0 unspecified atom stereocenters. The predicted molar refractivity (Wildman–Crippen MR) is 67.7 cm³/mol. The van der Waals surface area contributed by atoms with Gasteiger partial charge in [-0.25, -0.2) is 4.98 Å². The lowest BCUT2D eigenvalue weighted by atomic mass is 9.92. The number of hydrogen-bond acceptors (Lipinski definition) is 4. The van der Waals surface area contributed by atoms with E-state index in [0.717, 1.165) is 25.0 Å². The fourth-order valence-electron chi connectivity index (χ4n) is 2.38. The zero-order valence-corrected chi connectivity index (χ0v) is 11.2. The van der Waals surface area contributed by atoms with E-state index in [-0.39, 0.29) is 5.56 Å². The highest BCUT2D eigenvalue weighted by molar-refractivity contribution is 5.18. The van der Waals surface area contributed by atoms with Crippen LogP contribution < -0.4 is 5.56 Å². The molecule has 1 saturated heterocycles. The Morgan fingerprint density at radius 1 is 1.44 bits per heavy atom. The normalized spacial score (nSPS) is 18.8. The van der Waals surface area contributed by atoms with Crippen molar-refractivity contribution in [3.05, 3.63) is 27.4 Å². The van der Waals surface area contributed by atoms with Crippen molar-refractivity contribution >= 4 is 0 Å². The Balaban J connectivity index is 2.48. The van der Waals surface area contributed by atoms with Gasteiger partial charge >= 0.3 is 0 Å². The number of nitrogens with zero attached hydrogens (tertiary/aromatic N) is 1. The fraction of sp³-hybridized carbons (Fsp3) is 0.692. The molecule has 0 atom stereocenters. The Kier molecular flexibility index (Phi) is 3.82. The first-order chi connectivity index (χ1) is 8.63. The summed E-state index contributed by atoms with van der Waals surface area (Å²) in [7, 11) is 1.66. The van der Waals surface area contributed by atoms with E-state index < -0.39 is 5.60 Å². The van der Waals surface area contributed by atoms with Crippen molar-refractivity contribution in [1.82, 2.24) is 9.97 Å². The zero-order chi connectivity index (χ0) is 13.2. The van der Waals surface area contributed by atoms with Crippen molar-refractivity contribution in [3.63, 3.8) is 0 Å². The Morgan fingerprint density at radius 2 is 2.11 bits per heavy atom. The number of H-pyrrole nitrogens is 1. The van der Waals surface area contributed by atoms with Crippen LogP contribution >= 0.6 is 0 Å². The summed E-state index contributed by atoms with van der Waals surface area (Å²) in [6.07, 6.45) is 2.19. The summed E-state index contributed by atoms with van der Waals surface area (Å²) >= 11 is 0. The summed E-state index contributed by atoms with van der Waals surface area (Å²) in [5, 5.41) is 0. The van der Waals surface area contributed by atoms with Crippen molar-refractivity contribution in [2.45, 2.75) is 38.7 Å². The molecule has 0 saturated carbocycles. The third-order valence-corrected chi connectivity index (χ3v) is 3.71. The first-order valence-corrected chi connectivity index (χ1v) is 6.36. The Morgan fingerprint density at radius 3 is 2.67 bits per heavy atom. The largest absolute Gasteiger partial charge is 0.381 e. The molecule has 1 fully saturated rings. The predicted octanol–water partition coefficient (Wildman–Crippen LogP) is 1.29. The van der Waals surface area contributed by atoms with Crippen molar-refractivity contribution in [2.24, 2.45) is 0 Å². The van der Waals surface area contributed by atoms with Gasteiger partial charge in [-0.15, -0.1) is 0 Å². The summed E-state index contributed by atoms with van der Waals surface area (Å²) in [5.74, 6) is 0.640. The highest BCUT2D eigenvalue weighted by Gasteiger charge is 2.37. The molecule has 1 aliphatic heterocycles. The van der Waals surface area contributed by atoms with Crippen LogP contribution in [0.25, 0.3) is 0 Å². The standard InChI is InChI=1S/C13H20N2O3/c1-4-10-9(2)11(16)15-12(14-10)13(17-3)5-7-18-8-6-13/h4-8H2,1-3H3,(H,14,15,16). The Bertz CT molecular complexity index is 476. The van der Waals surface area contributed by atoms with E-state index in [0.29, 0.717) is 24.6 Å². The van der Waals surface area contributed by atoms with Crippen LogP contribution in [0.2, 0.25) is 0 Å². The molecule has 2 rings (SSSR count). The number of rotatable bonds is 3. The maximum atomic E-state index is 11.9. The van der Waals surface area contributed by atoms with E-state index in [1.165, 1.54) is 0 Å². The van der Waals surface area contributed by atoms with Gasteiger partial charge in [0.25, 0.3) is 5.56 Å². The molecule has 1 N–H and O–H groups in total. The Labute approximate surface area is 107 Å². The number of aromatic nitrogens is 2. The van der Waals surface area contributed by atoms with Crippen LogP contribution in [0.5, 0.6) is 0 Å². The number of hydrogen-bond donors (Lipinski definition) is 1. The van der Waals surface area contributed by atoms with Crippen LogP contribution in [0, 0.1) is 6.92 Å². The molecule has 0 amide bonds. The summed E-state index contributed by atoms with van der Waals surface area (Å²) in [6, 6.07) is 0. The van der Waals surface area contributed by atoms with Gasteiger partial charge in [0.15, 0.2) is 0 Å². The van der Waals surface area contributed by atoms with Gasteiger partial charge in [0.05, 0.1) is 5.69 Å². The molecule has 1 aliphatic rings. The average molecular weight is 252 g/mol. The van der Waals surface area contributed by atoms with Crippen LogP contribution in [0.3, 0.4) is 0 Å². The van der Waals surface area contributed by atoms with Gasteiger partial charge in [0.1, 0.15) is 11.4 Å². The summed E-state index contributed by atoms with van der Waals surface area (Å²) in [6.45, 7) is 5.07. The van der Waals surface area contributed by atoms with Gasteiger partial charge < -0.3 is 14.5 Å². The topological polar surface area (TPSA) is 64.2 Å². The molecule has 1 aromatic rings. The lowest BCUT2D eigenvalue weighted by molar-refractivity contribution is -0.100. The van der Waals surface area contributed by atoms with Crippen molar-refractivity contribution in [1.29, 1.82) is 0 Å². The second kappa shape index (κ2) is 5.20. The summed E-state index contributed by atoms with van der Waals surface area (Å²) in [4.78, 5) is 19.4. The van der Waals surface area contributed by atoms with Crippen LogP contribution in [0.15, 0.2) is 4.79 Å².